The van der Waals surface area contributed by atoms with Crippen LogP contribution in [0, 0.1) is 6.92 Å². The lowest BCUT2D eigenvalue weighted by Crippen LogP contribution is -2.37. The molecule has 30 heavy (non-hydrogen) atoms. The third-order valence-corrected chi connectivity index (χ3v) is 6.25. The zero-order valence-corrected chi connectivity index (χ0v) is 17.1. The number of carbonyl (C=O) groups excluding carboxylic acids is 2. The van der Waals surface area contributed by atoms with Gasteiger partial charge in [0.2, 0.25) is 0 Å². The van der Waals surface area contributed by atoms with Gasteiger partial charge in [-0.1, -0.05) is 12.1 Å². The van der Waals surface area contributed by atoms with Gasteiger partial charge < -0.3 is 14.8 Å². The second-order valence-electron chi connectivity index (χ2n) is 8.62. The Morgan fingerprint density at radius 2 is 2.03 bits per heavy atom. The number of hydrogen-bond donors (Lipinski definition) is 2. The lowest BCUT2D eigenvalue weighted by atomic mass is 10.0. The Morgan fingerprint density at radius 1 is 1.20 bits per heavy atom. The molecule has 2 N–H and O–H groups in total. The van der Waals surface area contributed by atoms with Crippen molar-refractivity contribution in [1.29, 1.82) is 0 Å². The van der Waals surface area contributed by atoms with E-state index < -0.39 is 5.67 Å². The summed E-state index contributed by atoms with van der Waals surface area (Å²) in [6.07, 6.45) is 0.928. The Labute approximate surface area is 173 Å². The number of rotatable bonds is 2. The molecule has 4 heterocycles. The maximum absolute atomic E-state index is 14.2. The molecular weight excluding hydrogens is 385 g/mol. The van der Waals surface area contributed by atoms with Crippen LogP contribution in [-0.2, 0) is 13.0 Å². The van der Waals surface area contributed by atoms with E-state index in [1.807, 2.05) is 31.2 Å². The number of benzene rings is 1. The number of H-pyrrole nitrogens is 2. The van der Waals surface area contributed by atoms with Crippen molar-refractivity contribution in [3.8, 4) is 0 Å². The highest BCUT2D eigenvalue weighted by Gasteiger charge is 2.38. The standard InChI is InChI=1S/C22H24FN5O2/c1-13-4-3-5-16-14(13)10-18(24-16)20(29)27-8-6-17-15(11-27)19(26-25-17)21(30)28-9-7-22(2,23)12-28/h3-5,10,24H,6-9,11-12H2,1-2H3,(H,25,26). The number of amides is 2. The van der Waals surface area contributed by atoms with E-state index in [1.54, 1.807) is 4.90 Å². The van der Waals surface area contributed by atoms with Crippen LogP contribution in [0.5, 0.6) is 0 Å². The molecule has 2 amide bonds. The minimum absolute atomic E-state index is 0.0739. The third kappa shape index (κ3) is 3.07. The largest absolute Gasteiger partial charge is 0.351 e. The Morgan fingerprint density at radius 3 is 2.77 bits per heavy atom. The molecule has 0 saturated carbocycles. The van der Waals surface area contributed by atoms with Crippen molar-refractivity contribution in [2.45, 2.75) is 38.9 Å². The number of fused-ring (bicyclic) bond motifs is 2. The van der Waals surface area contributed by atoms with Gasteiger partial charge in [0, 0.05) is 48.1 Å². The van der Waals surface area contributed by atoms with E-state index in [1.165, 1.54) is 11.8 Å². The fraction of sp³-hybridized carbons (Fsp3) is 0.409. The number of alkyl halides is 1. The fourth-order valence-corrected chi connectivity index (χ4v) is 4.48. The van der Waals surface area contributed by atoms with E-state index in [0.29, 0.717) is 43.9 Å². The van der Waals surface area contributed by atoms with Gasteiger partial charge in [0.15, 0.2) is 5.69 Å². The summed E-state index contributed by atoms with van der Waals surface area (Å²) in [5.41, 5.74) is 3.12. The van der Waals surface area contributed by atoms with Crippen molar-refractivity contribution in [1.82, 2.24) is 25.0 Å². The first-order chi connectivity index (χ1) is 14.3. The van der Waals surface area contributed by atoms with E-state index in [0.717, 1.165) is 27.7 Å². The molecule has 156 valence electrons. The van der Waals surface area contributed by atoms with Crippen molar-refractivity contribution < 1.29 is 14.0 Å². The van der Waals surface area contributed by atoms with Crippen LogP contribution in [0.1, 0.15) is 51.1 Å². The van der Waals surface area contributed by atoms with Crippen molar-refractivity contribution in [2.24, 2.45) is 0 Å². The highest BCUT2D eigenvalue weighted by Crippen LogP contribution is 2.29. The number of halogens is 1. The maximum Gasteiger partial charge on any atom is 0.274 e. The van der Waals surface area contributed by atoms with Gasteiger partial charge in [-0.25, -0.2) is 4.39 Å². The Bertz CT molecular complexity index is 1160. The van der Waals surface area contributed by atoms with Crippen molar-refractivity contribution in [3.05, 3.63) is 52.5 Å². The van der Waals surface area contributed by atoms with Gasteiger partial charge >= 0.3 is 0 Å². The molecule has 1 atom stereocenters. The molecule has 7 nitrogen and oxygen atoms in total. The SMILES string of the molecule is Cc1cccc2[nH]c(C(=O)N3CCc4[nH]nc(C(=O)N5CCC(C)(F)C5)c4C3)cc12. The Hall–Kier alpha value is -3.16. The molecule has 2 aliphatic rings. The summed E-state index contributed by atoms with van der Waals surface area (Å²) >= 11 is 0. The number of aryl methyl sites for hydroxylation is 1. The van der Waals surface area contributed by atoms with Crippen molar-refractivity contribution in [2.75, 3.05) is 19.6 Å². The summed E-state index contributed by atoms with van der Waals surface area (Å²) in [5, 5.41) is 8.19. The molecule has 0 spiro atoms. The zero-order chi connectivity index (χ0) is 21.0. The molecule has 0 radical (unpaired) electrons. The number of carbonyl (C=O) groups is 2. The molecule has 1 fully saturated rings. The van der Waals surface area contributed by atoms with Crippen LogP contribution in [0.3, 0.4) is 0 Å². The van der Waals surface area contributed by atoms with E-state index in [4.69, 9.17) is 0 Å². The lowest BCUT2D eigenvalue weighted by molar-refractivity contribution is 0.0712. The molecular formula is C22H24FN5O2. The normalized spacial score (nSPS) is 21.3. The van der Waals surface area contributed by atoms with E-state index >= 15 is 0 Å². The van der Waals surface area contributed by atoms with Crippen LogP contribution in [0.4, 0.5) is 4.39 Å². The molecule has 1 saturated heterocycles. The summed E-state index contributed by atoms with van der Waals surface area (Å²) in [6, 6.07) is 7.81. The van der Waals surface area contributed by atoms with Crippen LogP contribution in [0.2, 0.25) is 0 Å². The van der Waals surface area contributed by atoms with Gasteiger partial charge in [0.25, 0.3) is 11.8 Å². The van der Waals surface area contributed by atoms with Crippen LogP contribution in [0.25, 0.3) is 10.9 Å². The highest BCUT2D eigenvalue weighted by molar-refractivity contribution is 5.99. The number of nitrogens with one attached hydrogen (secondary N) is 2. The van der Waals surface area contributed by atoms with Gasteiger partial charge in [-0.05, 0) is 31.5 Å². The van der Waals surface area contributed by atoms with Crippen molar-refractivity contribution in [3.63, 3.8) is 0 Å². The molecule has 8 heteroatoms. The molecule has 0 aliphatic carbocycles. The van der Waals surface area contributed by atoms with E-state index in [9.17, 15) is 14.0 Å². The number of aromatic amines is 2. The second-order valence-corrected chi connectivity index (χ2v) is 8.62. The molecule has 0 bridgehead atoms. The minimum Gasteiger partial charge on any atom is -0.351 e. The fourth-order valence-electron chi connectivity index (χ4n) is 4.48. The monoisotopic (exact) mass is 409 g/mol. The molecule has 2 aliphatic heterocycles. The van der Waals surface area contributed by atoms with E-state index in [-0.39, 0.29) is 18.4 Å². The predicted molar refractivity (Wildman–Crippen MR) is 110 cm³/mol. The quantitative estimate of drug-likeness (QED) is 0.682. The highest BCUT2D eigenvalue weighted by atomic mass is 19.1. The second kappa shape index (κ2) is 6.68. The Balaban J connectivity index is 1.39. The molecule has 2 aromatic heterocycles. The summed E-state index contributed by atoms with van der Waals surface area (Å²) in [7, 11) is 0. The van der Waals surface area contributed by atoms with Crippen LogP contribution >= 0.6 is 0 Å². The van der Waals surface area contributed by atoms with Crippen molar-refractivity contribution >= 4 is 22.7 Å². The first-order valence-electron chi connectivity index (χ1n) is 10.2. The predicted octanol–water partition coefficient (Wildman–Crippen LogP) is 2.97. The smallest absolute Gasteiger partial charge is 0.274 e. The number of aromatic nitrogens is 3. The first kappa shape index (κ1) is 18.8. The topological polar surface area (TPSA) is 85.1 Å². The third-order valence-electron chi connectivity index (χ3n) is 6.25. The Kier molecular flexibility index (Phi) is 4.20. The van der Waals surface area contributed by atoms with Gasteiger partial charge in [-0.2, -0.15) is 5.10 Å². The molecule has 1 unspecified atom stereocenters. The molecule has 3 aromatic rings. The number of nitrogens with zero attached hydrogens (tertiary/aromatic N) is 3. The van der Waals surface area contributed by atoms with Crippen LogP contribution in [-0.4, -0.2) is 62.1 Å². The zero-order valence-electron chi connectivity index (χ0n) is 17.1. The maximum atomic E-state index is 14.2. The summed E-state index contributed by atoms with van der Waals surface area (Å²) in [6.45, 7) is 4.84. The first-order valence-corrected chi connectivity index (χ1v) is 10.2. The lowest BCUT2D eigenvalue weighted by Gasteiger charge is -2.27. The summed E-state index contributed by atoms with van der Waals surface area (Å²) < 4.78 is 14.2. The average Bonchev–Trinajstić information content (AvgIpc) is 3.43. The molecule has 5 rings (SSSR count). The van der Waals surface area contributed by atoms with Crippen LogP contribution < -0.4 is 0 Å². The molecule has 1 aromatic carbocycles. The van der Waals surface area contributed by atoms with Gasteiger partial charge in [0.1, 0.15) is 11.4 Å². The van der Waals surface area contributed by atoms with Gasteiger partial charge in [-0.3, -0.25) is 14.7 Å². The van der Waals surface area contributed by atoms with Gasteiger partial charge in [-0.15, -0.1) is 0 Å². The average molecular weight is 409 g/mol. The number of hydrogen-bond acceptors (Lipinski definition) is 3. The van der Waals surface area contributed by atoms with Crippen LogP contribution in [0.15, 0.2) is 24.3 Å². The summed E-state index contributed by atoms with van der Waals surface area (Å²) in [5.74, 6) is -0.377. The van der Waals surface area contributed by atoms with E-state index in [2.05, 4.69) is 15.2 Å². The number of likely N-dealkylation sites (tertiary alicyclic amines) is 1. The minimum atomic E-state index is -1.36. The summed E-state index contributed by atoms with van der Waals surface area (Å²) in [4.78, 5) is 32.5. The van der Waals surface area contributed by atoms with Gasteiger partial charge in [0.05, 0.1) is 13.1 Å².